The molecule has 1 aliphatic carbocycles. The summed E-state index contributed by atoms with van der Waals surface area (Å²) in [6.45, 7) is 3.79. The smallest absolute Gasteiger partial charge is 0.269 e. The van der Waals surface area contributed by atoms with E-state index in [2.05, 4.69) is 22.5 Å². The molecule has 7 heteroatoms. The molecule has 128 valence electrons. The van der Waals surface area contributed by atoms with E-state index in [0.717, 1.165) is 18.1 Å². The molecule has 2 N–H and O–H groups in total. The van der Waals surface area contributed by atoms with Gasteiger partial charge < -0.3 is 10.6 Å². The van der Waals surface area contributed by atoms with Crippen LogP contribution in [0.1, 0.15) is 38.2 Å². The molecule has 1 aromatic carbocycles. The van der Waals surface area contributed by atoms with Crippen LogP contribution in [0.3, 0.4) is 0 Å². The van der Waals surface area contributed by atoms with Crippen molar-refractivity contribution in [1.29, 1.82) is 0 Å². The van der Waals surface area contributed by atoms with Gasteiger partial charge in [0.1, 0.15) is 0 Å². The topological polar surface area (TPSA) is 79.6 Å². The lowest BCUT2D eigenvalue weighted by atomic mass is 9.67. The summed E-state index contributed by atoms with van der Waals surface area (Å²) in [6, 6.07) is 6.57. The first-order valence-corrected chi connectivity index (χ1v) is 7.76. The standard InChI is InChI=1S/C16H24N4O2.HI/c1-3-16(9-4-10-16)12-19-15(17-2)18-11-13-5-7-14(8-6-13)20(21)22;/h5-8H,3-4,9-12H2,1-2H3,(H2,17,18,19);1H. The van der Waals surface area contributed by atoms with Gasteiger partial charge in [-0.2, -0.15) is 0 Å². The molecule has 0 saturated heterocycles. The van der Waals surface area contributed by atoms with Gasteiger partial charge in [0.05, 0.1) is 4.92 Å². The van der Waals surface area contributed by atoms with Gasteiger partial charge in [0.2, 0.25) is 0 Å². The maximum Gasteiger partial charge on any atom is 0.269 e. The summed E-state index contributed by atoms with van der Waals surface area (Å²) in [4.78, 5) is 14.5. The lowest BCUT2D eigenvalue weighted by Gasteiger charge is -2.41. The number of aliphatic imine (C=N–C) groups is 1. The number of nitrogens with zero attached hydrogens (tertiary/aromatic N) is 2. The Bertz CT molecular complexity index is 536. The Balaban J connectivity index is 0.00000264. The Morgan fingerprint density at radius 1 is 1.30 bits per heavy atom. The summed E-state index contributed by atoms with van der Waals surface area (Å²) >= 11 is 0. The first-order valence-electron chi connectivity index (χ1n) is 7.76. The zero-order valence-corrected chi connectivity index (χ0v) is 16.0. The quantitative estimate of drug-likeness (QED) is 0.237. The number of non-ortho nitro benzene ring substituents is 1. The van der Waals surface area contributed by atoms with Crippen molar-refractivity contribution in [3.8, 4) is 0 Å². The molecule has 0 bridgehead atoms. The molecular weight excluding hydrogens is 407 g/mol. The maximum absolute atomic E-state index is 10.6. The van der Waals surface area contributed by atoms with Crippen molar-refractivity contribution in [1.82, 2.24) is 10.6 Å². The highest BCUT2D eigenvalue weighted by molar-refractivity contribution is 14.0. The average Bonchev–Trinajstić information content (AvgIpc) is 2.50. The number of hydrogen-bond donors (Lipinski definition) is 2. The normalized spacial score (nSPS) is 16.0. The molecule has 0 aliphatic heterocycles. The molecule has 23 heavy (non-hydrogen) atoms. The molecule has 0 aromatic heterocycles. The third kappa shape index (κ3) is 5.33. The van der Waals surface area contributed by atoms with Crippen molar-refractivity contribution in [2.24, 2.45) is 10.4 Å². The number of nitrogens with one attached hydrogen (secondary N) is 2. The maximum atomic E-state index is 10.6. The average molecular weight is 432 g/mol. The fourth-order valence-electron chi connectivity index (χ4n) is 2.75. The molecule has 0 radical (unpaired) electrons. The second kappa shape index (κ2) is 9.05. The second-order valence-electron chi connectivity index (χ2n) is 5.91. The minimum Gasteiger partial charge on any atom is -0.356 e. The Hall–Kier alpha value is -1.38. The lowest BCUT2D eigenvalue weighted by Crippen LogP contribution is -2.46. The van der Waals surface area contributed by atoms with Crippen LogP contribution in [-0.4, -0.2) is 24.5 Å². The SMILES string of the molecule is CCC1(CNC(=NC)NCc2ccc([N+](=O)[O-])cc2)CCC1.I. The van der Waals surface area contributed by atoms with E-state index >= 15 is 0 Å². The first kappa shape index (κ1) is 19.7. The predicted octanol–water partition coefficient (Wildman–Crippen LogP) is 3.46. The molecule has 1 aliphatic rings. The number of rotatable bonds is 6. The van der Waals surface area contributed by atoms with Gasteiger partial charge in [-0.3, -0.25) is 15.1 Å². The van der Waals surface area contributed by atoms with Crippen molar-refractivity contribution >= 4 is 35.6 Å². The minimum atomic E-state index is -0.388. The zero-order valence-electron chi connectivity index (χ0n) is 13.7. The van der Waals surface area contributed by atoms with Crippen LogP contribution in [0.2, 0.25) is 0 Å². The largest absolute Gasteiger partial charge is 0.356 e. The summed E-state index contributed by atoms with van der Waals surface area (Å²) in [5.74, 6) is 0.776. The molecule has 1 aromatic rings. The Morgan fingerprint density at radius 3 is 2.39 bits per heavy atom. The fourth-order valence-corrected chi connectivity index (χ4v) is 2.75. The van der Waals surface area contributed by atoms with E-state index < -0.39 is 0 Å². The first-order chi connectivity index (χ1) is 10.6. The van der Waals surface area contributed by atoms with Gasteiger partial charge in [-0.05, 0) is 30.2 Å². The number of nitro benzene ring substituents is 1. The third-order valence-electron chi connectivity index (χ3n) is 4.63. The Kier molecular flexibility index (Phi) is 7.74. The van der Waals surface area contributed by atoms with Gasteiger partial charge in [-0.1, -0.05) is 25.5 Å². The third-order valence-corrected chi connectivity index (χ3v) is 4.63. The van der Waals surface area contributed by atoms with E-state index in [1.807, 2.05) is 0 Å². The summed E-state index contributed by atoms with van der Waals surface area (Å²) in [7, 11) is 1.75. The van der Waals surface area contributed by atoms with Gasteiger partial charge >= 0.3 is 0 Å². The zero-order chi connectivity index (χ0) is 16.0. The number of halogens is 1. The lowest BCUT2D eigenvalue weighted by molar-refractivity contribution is -0.384. The van der Waals surface area contributed by atoms with Crippen LogP contribution in [0.4, 0.5) is 5.69 Å². The van der Waals surface area contributed by atoms with Crippen molar-refractivity contribution in [2.75, 3.05) is 13.6 Å². The van der Waals surface area contributed by atoms with Crippen molar-refractivity contribution in [2.45, 2.75) is 39.2 Å². The Labute approximate surface area is 154 Å². The number of hydrogen-bond acceptors (Lipinski definition) is 3. The van der Waals surface area contributed by atoms with Gasteiger partial charge in [0, 0.05) is 32.3 Å². The molecule has 0 atom stereocenters. The van der Waals surface area contributed by atoms with Crippen molar-refractivity contribution in [3.05, 3.63) is 39.9 Å². The van der Waals surface area contributed by atoms with E-state index in [1.54, 1.807) is 19.2 Å². The monoisotopic (exact) mass is 432 g/mol. The molecular formula is C16H25IN4O2. The van der Waals surface area contributed by atoms with Crippen LogP contribution in [0.5, 0.6) is 0 Å². The van der Waals surface area contributed by atoms with Gasteiger partial charge in [-0.25, -0.2) is 0 Å². The van der Waals surface area contributed by atoms with Crippen LogP contribution in [-0.2, 0) is 6.54 Å². The summed E-state index contributed by atoms with van der Waals surface area (Å²) in [6.07, 6.45) is 5.09. The molecule has 0 heterocycles. The number of nitro groups is 1. The second-order valence-corrected chi connectivity index (χ2v) is 5.91. The van der Waals surface area contributed by atoms with Crippen LogP contribution in [0.15, 0.2) is 29.3 Å². The molecule has 0 amide bonds. The fraction of sp³-hybridized carbons (Fsp3) is 0.562. The Morgan fingerprint density at radius 2 is 1.96 bits per heavy atom. The van der Waals surface area contributed by atoms with E-state index in [0.29, 0.717) is 12.0 Å². The number of benzene rings is 1. The number of guanidine groups is 1. The van der Waals surface area contributed by atoms with E-state index in [-0.39, 0.29) is 34.6 Å². The minimum absolute atomic E-state index is 0. The molecule has 0 spiro atoms. The summed E-state index contributed by atoms with van der Waals surface area (Å²) in [5, 5.41) is 17.3. The highest BCUT2D eigenvalue weighted by Crippen LogP contribution is 2.42. The summed E-state index contributed by atoms with van der Waals surface area (Å²) < 4.78 is 0. The van der Waals surface area contributed by atoms with E-state index in [9.17, 15) is 10.1 Å². The van der Waals surface area contributed by atoms with Crippen LogP contribution in [0, 0.1) is 15.5 Å². The predicted molar refractivity (Wildman–Crippen MR) is 103 cm³/mol. The molecule has 6 nitrogen and oxygen atoms in total. The van der Waals surface area contributed by atoms with E-state index in [1.165, 1.54) is 37.8 Å². The molecule has 1 saturated carbocycles. The van der Waals surface area contributed by atoms with Crippen LogP contribution in [0.25, 0.3) is 0 Å². The van der Waals surface area contributed by atoms with E-state index in [4.69, 9.17) is 0 Å². The van der Waals surface area contributed by atoms with Crippen LogP contribution < -0.4 is 10.6 Å². The highest BCUT2D eigenvalue weighted by atomic mass is 127. The summed E-state index contributed by atoms with van der Waals surface area (Å²) in [5.41, 5.74) is 1.54. The van der Waals surface area contributed by atoms with Crippen molar-refractivity contribution < 1.29 is 4.92 Å². The van der Waals surface area contributed by atoms with Crippen molar-refractivity contribution in [3.63, 3.8) is 0 Å². The highest BCUT2D eigenvalue weighted by Gasteiger charge is 2.34. The molecule has 2 rings (SSSR count). The van der Waals surface area contributed by atoms with Gasteiger partial charge in [0.25, 0.3) is 5.69 Å². The van der Waals surface area contributed by atoms with Gasteiger partial charge in [0.15, 0.2) is 5.96 Å². The van der Waals surface area contributed by atoms with Crippen LogP contribution >= 0.6 is 24.0 Å². The molecule has 0 unspecified atom stereocenters. The molecule has 1 fully saturated rings. The van der Waals surface area contributed by atoms with Gasteiger partial charge in [-0.15, -0.1) is 24.0 Å².